The van der Waals surface area contributed by atoms with Gasteiger partial charge in [0.05, 0.1) is 17.8 Å². The van der Waals surface area contributed by atoms with Crippen LogP contribution in [0.25, 0.3) is 0 Å². The Kier molecular flexibility index (Phi) is 22.3. The molecule has 19 nitrogen and oxygen atoms in total. The lowest BCUT2D eigenvalue weighted by atomic mass is 10.1. The highest BCUT2D eigenvalue weighted by Gasteiger charge is 2.35. The first-order chi connectivity index (χ1) is 45.2. The molecule has 4 aliphatic heterocycles. The van der Waals surface area contributed by atoms with Crippen molar-refractivity contribution in [1.29, 1.82) is 0 Å². The fourth-order valence-corrected chi connectivity index (χ4v) is 11.1. The highest BCUT2D eigenvalue weighted by atomic mass is 16.6. The summed E-state index contributed by atoms with van der Waals surface area (Å²) in [6.45, 7) is 5.08. The van der Waals surface area contributed by atoms with Crippen LogP contribution in [0.1, 0.15) is 78.0 Å². The van der Waals surface area contributed by atoms with E-state index in [1.807, 2.05) is 140 Å². The Morgan fingerprint density at radius 1 is 0.366 bits per heavy atom. The molecule has 19 heteroatoms. The Morgan fingerprint density at radius 2 is 0.645 bits per heavy atom. The molecule has 4 N–H and O–H groups in total. The molecule has 7 aromatic carbocycles. The summed E-state index contributed by atoms with van der Waals surface area (Å²) in [7, 11) is 0. The lowest BCUT2D eigenvalue weighted by Gasteiger charge is -2.22. The van der Waals surface area contributed by atoms with Crippen molar-refractivity contribution in [2.24, 2.45) is 17.8 Å². The third kappa shape index (κ3) is 18.9. The Labute approximate surface area is 540 Å². The van der Waals surface area contributed by atoms with Crippen molar-refractivity contribution < 1.29 is 52.6 Å². The highest BCUT2D eigenvalue weighted by molar-refractivity contribution is 5.98. The van der Waals surface area contributed by atoms with Gasteiger partial charge in [0.15, 0.2) is 0 Å². The van der Waals surface area contributed by atoms with Gasteiger partial charge in [0, 0.05) is 97.7 Å². The van der Waals surface area contributed by atoms with Crippen LogP contribution in [0.2, 0.25) is 0 Å². The van der Waals surface area contributed by atoms with E-state index in [0.717, 1.165) is 45.4 Å². The van der Waals surface area contributed by atoms with Crippen LogP contribution in [-0.2, 0) is 58.0 Å². The van der Waals surface area contributed by atoms with Gasteiger partial charge >= 0.3 is 18.3 Å². The zero-order valence-electron chi connectivity index (χ0n) is 51.6. The Balaban J connectivity index is 0.000000206. The van der Waals surface area contributed by atoms with Gasteiger partial charge in [-0.25, -0.2) is 14.4 Å². The van der Waals surface area contributed by atoms with Gasteiger partial charge in [-0.1, -0.05) is 115 Å². The number of rotatable bonds is 14. The summed E-state index contributed by atoms with van der Waals surface area (Å²) in [6, 6.07) is 57.1. The summed E-state index contributed by atoms with van der Waals surface area (Å²) >= 11 is 0. The second kappa shape index (κ2) is 32.0. The maximum atomic E-state index is 12.9. The Hall–Kier alpha value is -11.2. The van der Waals surface area contributed by atoms with E-state index in [9.17, 15) is 38.4 Å². The van der Waals surface area contributed by atoms with Crippen LogP contribution in [0.4, 0.5) is 37.1 Å². The summed E-state index contributed by atoms with van der Waals surface area (Å²) in [5, 5.41) is 11.7. The van der Waals surface area contributed by atoms with Crippen molar-refractivity contribution in [2.75, 3.05) is 67.1 Å². The number of amides is 8. The van der Waals surface area contributed by atoms with Crippen LogP contribution < -0.4 is 21.3 Å². The number of ether oxygens (including phenoxy) is 3. The van der Waals surface area contributed by atoms with Gasteiger partial charge in [0.1, 0.15) is 25.9 Å². The molecule has 0 bridgehead atoms. The zero-order chi connectivity index (χ0) is 64.9. The Morgan fingerprint density at radius 3 is 0.925 bits per heavy atom. The topological polar surface area (TPSA) is 225 Å². The zero-order valence-corrected chi connectivity index (χ0v) is 51.6. The first-order valence-corrected chi connectivity index (χ1v) is 31.1. The van der Waals surface area contributed by atoms with E-state index >= 15 is 0 Å². The van der Waals surface area contributed by atoms with Gasteiger partial charge in [-0.2, -0.15) is 0 Å². The number of benzene rings is 7. The van der Waals surface area contributed by atoms with Crippen LogP contribution >= 0.6 is 0 Å². The first-order valence-electron chi connectivity index (χ1n) is 31.1. The molecule has 4 fully saturated rings. The number of carbonyl (C=O) groups is 8. The fraction of sp³-hybridized carbons (Fsp3) is 0.270. The molecule has 3 unspecified atom stereocenters. The quantitative estimate of drug-likeness (QED) is 0.0592. The minimum absolute atomic E-state index is 0.0854. The summed E-state index contributed by atoms with van der Waals surface area (Å²) in [6.07, 6.45) is 1.98. The standard InChI is InChI=1S/C40H38N4O6.C34H34N4O5/c45-37(33-21-23-43(25-33)39(47)49-27-31-7-3-1-4-8-31)41-35-17-13-29(14-18-35)11-12-30-15-19-36(20-16-30)42-38(46)34-22-24-44(26-34)40(48)50-28-32-9-5-2-6-10-32;1-24(39)38-20-5-8-31(38)33(41)36-30-17-13-26(14-18-30)10-9-25-11-15-29(16-12-25)35-32(40)28-19-21-37(22-28)34(42)43-23-27-6-3-2-4-7-27/h1-10,13-20,33-34H,21-28H2,(H,41,45)(H,42,46);2-4,6-7,11-18,28,31H,5,8,19-23H2,1H3,(H,35,40)(H,36,41)/t;28?,31-/m.0/s1. The molecule has 4 saturated heterocycles. The number of nitrogens with zero attached hydrogens (tertiary/aromatic N) is 4. The number of likely N-dealkylation sites (tertiary alicyclic amines) is 4. The van der Waals surface area contributed by atoms with Crippen LogP contribution in [0.5, 0.6) is 0 Å². The van der Waals surface area contributed by atoms with E-state index in [1.54, 1.807) is 68.1 Å². The van der Waals surface area contributed by atoms with Crippen LogP contribution in [0.3, 0.4) is 0 Å². The van der Waals surface area contributed by atoms with Gasteiger partial charge in [0.25, 0.3) is 0 Å². The normalized spacial score (nSPS) is 17.0. The molecule has 0 aromatic heterocycles. The maximum Gasteiger partial charge on any atom is 0.410 e. The van der Waals surface area contributed by atoms with E-state index in [4.69, 9.17) is 14.2 Å². The summed E-state index contributed by atoms with van der Waals surface area (Å²) < 4.78 is 16.2. The molecular weight excluding hydrogens is 1180 g/mol. The van der Waals surface area contributed by atoms with Gasteiger partial charge in [0.2, 0.25) is 29.5 Å². The molecule has 0 aliphatic carbocycles. The monoisotopic (exact) mass is 1250 g/mol. The molecule has 4 heterocycles. The van der Waals surface area contributed by atoms with Crippen molar-refractivity contribution in [3.63, 3.8) is 0 Å². The van der Waals surface area contributed by atoms with Gasteiger partial charge in [-0.05, 0) is 146 Å². The molecule has 0 spiro atoms. The summed E-state index contributed by atoms with van der Waals surface area (Å²) in [5.41, 5.74) is 8.49. The highest BCUT2D eigenvalue weighted by Crippen LogP contribution is 2.25. The van der Waals surface area contributed by atoms with E-state index in [2.05, 4.69) is 44.9 Å². The molecule has 0 radical (unpaired) electrons. The number of hydrogen-bond donors (Lipinski definition) is 4. The number of hydrogen-bond acceptors (Lipinski definition) is 11. The van der Waals surface area contributed by atoms with Crippen molar-refractivity contribution >= 4 is 70.6 Å². The van der Waals surface area contributed by atoms with Crippen molar-refractivity contribution in [3.05, 3.63) is 227 Å². The predicted octanol–water partition coefficient (Wildman–Crippen LogP) is 10.9. The minimum atomic E-state index is -0.424. The van der Waals surface area contributed by atoms with Gasteiger partial charge < -0.3 is 55.1 Å². The Bertz CT molecular complexity index is 3750. The van der Waals surface area contributed by atoms with Crippen molar-refractivity contribution in [2.45, 2.75) is 64.9 Å². The largest absolute Gasteiger partial charge is 0.445 e. The molecule has 7 aromatic rings. The summed E-state index contributed by atoms with van der Waals surface area (Å²) in [4.78, 5) is 107. The molecule has 8 amide bonds. The van der Waals surface area contributed by atoms with Crippen LogP contribution in [-0.4, -0.2) is 119 Å². The van der Waals surface area contributed by atoms with Crippen LogP contribution in [0, 0.1) is 41.4 Å². The maximum absolute atomic E-state index is 12.9. The first kappa shape index (κ1) is 64.8. The lowest BCUT2D eigenvalue weighted by molar-refractivity contribution is -0.134. The SMILES string of the molecule is CC(=O)N1CCC[C@H]1C(=O)Nc1ccc(C#Cc2ccc(NC(=O)C3CCN(C(=O)OCc4ccccc4)C3)cc2)cc1.O=C(Nc1ccc(C#Cc2ccc(NC(=O)C3CCN(C(=O)OCc4ccccc4)C3)cc2)cc1)C1CCN(C(=O)OCc2ccccc2)C1. The van der Waals surface area contributed by atoms with Gasteiger partial charge in [-0.15, -0.1) is 0 Å². The second-order valence-electron chi connectivity index (χ2n) is 23.1. The molecule has 474 valence electrons. The predicted molar refractivity (Wildman–Crippen MR) is 352 cm³/mol. The van der Waals surface area contributed by atoms with Gasteiger partial charge in [-0.3, -0.25) is 24.0 Å². The lowest BCUT2D eigenvalue weighted by Crippen LogP contribution is -2.42. The third-order valence-electron chi connectivity index (χ3n) is 16.3. The molecular formula is C74H72N8O11. The third-order valence-corrected chi connectivity index (χ3v) is 16.3. The number of nitrogens with one attached hydrogen (secondary N) is 4. The average Bonchev–Trinajstić information content (AvgIpc) is 2.15. The second-order valence-corrected chi connectivity index (χ2v) is 23.1. The molecule has 93 heavy (non-hydrogen) atoms. The van der Waals surface area contributed by atoms with E-state index in [1.165, 1.54) is 6.92 Å². The number of carbonyl (C=O) groups excluding carboxylic acids is 8. The van der Waals surface area contributed by atoms with E-state index in [-0.39, 0.29) is 67.1 Å². The minimum Gasteiger partial charge on any atom is -0.445 e. The van der Waals surface area contributed by atoms with Crippen molar-refractivity contribution in [3.8, 4) is 23.7 Å². The van der Waals surface area contributed by atoms with Crippen molar-refractivity contribution in [1.82, 2.24) is 19.6 Å². The average molecular weight is 1250 g/mol. The fourth-order valence-electron chi connectivity index (χ4n) is 11.1. The molecule has 4 atom stereocenters. The molecule has 0 saturated carbocycles. The van der Waals surface area contributed by atoms with E-state index in [0.29, 0.717) is 94.2 Å². The smallest absolute Gasteiger partial charge is 0.410 e. The summed E-state index contributed by atoms with van der Waals surface area (Å²) in [5.74, 6) is 10.9. The molecule has 11 rings (SSSR count). The van der Waals surface area contributed by atoms with Crippen LogP contribution in [0.15, 0.2) is 188 Å². The number of anilines is 4. The molecule has 4 aliphatic rings. The van der Waals surface area contributed by atoms with E-state index < -0.39 is 24.3 Å².